The summed E-state index contributed by atoms with van der Waals surface area (Å²) in [6.45, 7) is 11.6. The van der Waals surface area contributed by atoms with Crippen LogP contribution in [0.25, 0.3) is 0 Å². The number of hydrogen-bond donors (Lipinski definition) is 1. The highest BCUT2D eigenvalue weighted by molar-refractivity contribution is 5.92. The van der Waals surface area contributed by atoms with E-state index in [1.54, 1.807) is 7.05 Å². The van der Waals surface area contributed by atoms with Gasteiger partial charge in [0.15, 0.2) is 0 Å². The Kier molecular flexibility index (Phi) is 6.40. The predicted octanol–water partition coefficient (Wildman–Crippen LogP) is 3.56. The van der Waals surface area contributed by atoms with Gasteiger partial charge in [-0.3, -0.25) is 9.69 Å². The summed E-state index contributed by atoms with van der Waals surface area (Å²) in [5.74, 6) is 0.731. The van der Waals surface area contributed by atoms with Gasteiger partial charge in [-0.25, -0.2) is 4.98 Å². The Hall–Kier alpha value is -1.62. The Morgan fingerprint density at radius 1 is 1.22 bits per heavy atom. The van der Waals surface area contributed by atoms with E-state index < -0.39 is 0 Å². The van der Waals surface area contributed by atoms with Gasteiger partial charge < -0.3 is 10.2 Å². The summed E-state index contributed by atoms with van der Waals surface area (Å²) in [6.07, 6.45) is 8.62. The number of carbonyl (C=O) groups excluding carboxylic acids is 1. The molecule has 0 radical (unpaired) electrons. The molecule has 5 heteroatoms. The second-order valence-corrected chi connectivity index (χ2v) is 8.86. The van der Waals surface area contributed by atoms with Crippen molar-refractivity contribution in [3.63, 3.8) is 0 Å². The highest BCUT2D eigenvalue weighted by Crippen LogP contribution is 2.41. The molecule has 3 rings (SSSR count). The number of amides is 1. The Bertz CT molecular complexity index is 620. The quantitative estimate of drug-likeness (QED) is 0.859. The molecule has 1 aromatic rings. The third kappa shape index (κ3) is 4.63. The average molecular weight is 373 g/mol. The summed E-state index contributed by atoms with van der Waals surface area (Å²) in [7, 11) is 1.63. The summed E-state index contributed by atoms with van der Waals surface area (Å²) >= 11 is 0. The Morgan fingerprint density at radius 2 is 1.96 bits per heavy atom. The van der Waals surface area contributed by atoms with Crippen LogP contribution in [0.3, 0.4) is 0 Å². The summed E-state index contributed by atoms with van der Waals surface area (Å²) in [4.78, 5) is 21.1. The SMILES string of the molecule is CCC(C)(C)C1CCCC(N2CCN(c3ccc(C(=O)NC)nc3)CC2)C1. The maximum absolute atomic E-state index is 11.6. The molecule has 1 N–H and O–H groups in total. The molecule has 0 aromatic carbocycles. The first-order valence-electron chi connectivity index (χ1n) is 10.6. The van der Waals surface area contributed by atoms with Crippen LogP contribution in [0.15, 0.2) is 18.3 Å². The van der Waals surface area contributed by atoms with E-state index in [1.165, 1.54) is 32.1 Å². The third-order valence-electron chi connectivity index (χ3n) is 7.07. The fraction of sp³-hybridized carbons (Fsp3) is 0.727. The van der Waals surface area contributed by atoms with Gasteiger partial charge in [-0.2, -0.15) is 0 Å². The van der Waals surface area contributed by atoms with E-state index in [9.17, 15) is 4.79 Å². The fourth-order valence-electron chi connectivity index (χ4n) is 4.67. The van der Waals surface area contributed by atoms with Crippen molar-refractivity contribution in [2.45, 2.75) is 58.9 Å². The lowest BCUT2D eigenvalue weighted by Gasteiger charge is -2.46. The van der Waals surface area contributed by atoms with Gasteiger partial charge in [-0.1, -0.05) is 33.6 Å². The molecule has 2 heterocycles. The summed E-state index contributed by atoms with van der Waals surface area (Å²) < 4.78 is 0. The largest absolute Gasteiger partial charge is 0.368 e. The number of carbonyl (C=O) groups is 1. The smallest absolute Gasteiger partial charge is 0.269 e. The lowest BCUT2D eigenvalue weighted by Crippen LogP contribution is -2.52. The van der Waals surface area contributed by atoms with Crippen molar-refractivity contribution >= 4 is 11.6 Å². The van der Waals surface area contributed by atoms with Crippen molar-refractivity contribution in [2.24, 2.45) is 11.3 Å². The maximum atomic E-state index is 11.6. The Balaban J connectivity index is 1.55. The zero-order chi connectivity index (χ0) is 19.4. The van der Waals surface area contributed by atoms with Gasteiger partial charge in [0.25, 0.3) is 5.91 Å². The molecule has 150 valence electrons. The normalized spacial score (nSPS) is 24.7. The number of hydrogen-bond acceptors (Lipinski definition) is 4. The van der Waals surface area contributed by atoms with Crippen molar-refractivity contribution in [3.8, 4) is 0 Å². The van der Waals surface area contributed by atoms with E-state index in [0.717, 1.165) is 43.8 Å². The second-order valence-electron chi connectivity index (χ2n) is 8.86. The first kappa shape index (κ1) is 20.1. The van der Waals surface area contributed by atoms with Crippen LogP contribution in [0.5, 0.6) is 0 Å². The van der Waals surface area contributed by atoms with E-state index in [4.69, 9.17) is 0 Å². The van der Waals surface area contributed by atoms with Crippen LogP contribution in [-0.2, 0) is 0 Å². The zero-order valence-corrected chi connectivity index (χ0v) is 17.5. The van der Waals surface area contributed by atoms with Crippen LogP contribution in [-0.4, -0.2) is 55.1 Å². The number of pyridine rings is 1. The fourth-order valence-corrected chi connectivity index (χ4v) is 4.67. The van der Waals surface area contributed by atoms with E-state index in [0.29, 0.717) is 11.1 Å². The summed E-state index contributed by atoms with van der Waals surface area (Å²) in [5, 5.41) is 2.62. The molecule has 0 spiro atoms. The standard InChI is InChI=1S/C22H36N4O/c1-5-22(2,3)17-7-6-8-18(15-17)25-11-13-26(14-12-25)19-9-10-20(24-16-19)21(27)23-4/h9-10,16-18H,5-8,11-15H2,1-4H3,(H,23,27). The lowest BCUT2D eigenvalue weighted by molar-refractivity contribution is 0.0697. The predicted molar refractivity (Wildman–Crippen MR) is 111 cm³/mol. The molecule has 1 aliphatic heterocycles. The van der Waals surface area contributed by atoms with E-state index in [2.05, 4.69) is 40.9 Å². The molecular formula is C22H36N4O. The molecule has 2 aliphatic rings. The van der Waals surface area contributed by atoms with Crippen LogP contribution in [0.4, 0.5) is 5.69 Å². The van der Waals surface area contributed by atoms with Gasteiger partial charge >= 0.3 is 0 Å². The van der Waals surface area contributed by atoms with E-state index in [1.807, 2.05) is 18.3 Å². The summed E-state index contributed by atoms with van der Waals surface area (Å²) in [5.41, 5.74) is 2.07. The highest BCUT2D eigenvalue weighted by Gasteiger charge is 2.35. The number of nitrogens with zero attached hydrogens (tertiary/aromatic N) is 3. The number of piperazine rings is 1. The van der Waals surface area contributed by atoms with Crippen LogP contribution in [0.2, 0.25) is 0 Å². The molecule has 2 unspecified atom stereocenters. The van der Waals surface area contributed by atoms with Gasteiger partial charge in [0.1, 0.15) is 5.69 Å². The first-order chi connectivity index (χ1) is 12.9. The Labute approximate surface area is 164 Å². The van der Waals surface area contributed by atoms with Gasteiger partial charge in [0, 0.05) is 39.3 Å². The average Bonchev–Trinajstić information content (AvgIpc) is 2.73. The van der Waals surface area contributed by atoms with Crippen molar-refractivity contribution in [3.05, 3.63) is 24.0 Å². The molecule has 1 saturated heterocycles. The zero-order valence-electron chi connectivity index (χ0n) is 17.5. The molecule has 1 aromatic heterocycles. The molecule has 27 heavy (non-hydrogen) atoms. The van der Waals surface area contributed by atoms with E-state index >= 15 is 0 Å². The minimum absolute atomic E-state index is 0.131. The summed E-state index contributed by atoms with van der Waals surface area (Å²) in [6, 6.07) is 4.60. The third-order valence-corrected chi connectivity index (χ3v) is 7.07. The number of nitrogens with one attached hydrogen (secondary N) is 1. The van der Waals surface area contributed by atoms with E-state index in [-0.39, 0.29) is 5.91 Å². The van der Waals surface area contributed by atoms with Crippen LogP contribution in [0, 0.1) is 11.3 Å². The molecule has 5 nitrogen and oxygen atoms in total. The molecule has 1 amide bonds. The second kappa shape index (κ2) is 8.59. The van der Waals surface area contributed by atoms with Crippen molar-refractivity contribution in [1.29, 1.82) is 0 Å². The molecule has 2 atom stereocenters. The van der Waals surface area contributed by atoms with Crippen LogP contribution in [0.1, 0.15) is 63.4 Å². The van der Waals surface area contributed by atoms with Gasteiger partial charge in [0.05, 0.1) is 11.9 Å². The van der Waals surface area contributed by atoms with Crippen LogP contribution >= 0.6 is 0 Å². The first-order valence-corrected chi connectivity index (χ1v) is 10.6. The lowest BCUT2D eigenvalue weighted by atomic mass is 9.68. The molecule has 2 fully saturated rings. The van der Waals surface area contributed by atoms with Crippen LogP contribution < -0.4 is 10.2 Å². The van der Waals surface area contributed by atoms with Crippen molar-refractivity contribution < 1.29 is 4.79 Å². The highest BCUT2D eigenvalue weighted by atomic mass is 16.1. The molecule has 1 aliphatic carbocycles. The molecule has 0 bridgehead atoms. The van der Waals surface area contributed by atoms with Gasteiger partial charge in [0.2, 0.25) is 0 Å². The maximum Gasteiger partial charge on any atom is 0.269 e. The number of aromatic nitrogens is 1. The molecule has 1 saturated carbocycles. The topological polar surface area (TPSA) is 48.5 Å². The van der Waals surface area contributed by atoms with Crippen molar-refractivity contribution in [2.75, 3.05) is 38.1 Å². The monoisotopic (exact) mass is 372 g/mol. The van der Waals surface area contributed by atoms with Gasteiger partial charge in [-0.05, 0) is 42.7 Å². The Morgan fingerprint density at radius 3 is 2.56 bits per heavy atom. The van der Waals surface area contributed by atoms with Gasteiger partial charge in [-0.15, -0.1) is 0 Å². The number of rotatable bonds is 5. The van der Waals surface area contributed by atoms with Crippen molar-refractivity contribution in [1.82, 2.24) is 15.2 Å². The minimum atomic E-state index is -0.131. The molecular weight excluding hydrogens is 336 g/mol. The minimum Gasteiger partial charge on any atom is -0.368 e. The number of anilines is 1.